The summed E-state index contributed by atoms with van der Waals surface area (Å²) in [5.74, 6) is 0. The quantitative estimate of drug-likeness (QED) is 0.740. The van der Waals surface area contributed by atoms with Crippen LogP contribution in [-0.4, -0.2) is 17.1 Å². The van der Waals surface area contributed by atoms with Gasteiger partial charge in [-0.3, -0.25) is 0 Å². The Kier molecular flexibility index (Phi) is 3.05. The van der Waals surface area contributed by atoms with Gasteiger partial charge in [0.05, 0.1) is 6.04 Å². The Morgan fingerprint density at radius 2 is 2.42 bits per heavy atom. The fraction of sp³-hybridized carbons (Fsp3) is 0.375. The summed E-state index contributed by atoms with van der Waals surface area (Å²) in [6.07, 6.45) is 0. The van der Waals surface area contributed by atoms with Gasteiger partial charge >= 0.3 is 0 Å². The molecule has 12 heavy (non-hydrogen) atoms. The SMILES string of the molecule is CC(c1ccsc1)N(C)C(N)=S. The van der Waals surface area contributed by atoms with Crippen molar-refractivity contribution in [1.29, 1.82) is 0 Å². The first-order valence-electron chi connectivity index (χ1n) is 3.67. The largest absolute Gasteiger partial charge is 0.376 e. The van der Waals surface area contributed by atoms with Crippen molar-refractivity contribution in [2.24, 2.45) is 5.73 Å². The molecule has 1 unspecified atom stereocenters. The van der Waals surface area contributed by atoms with Crippen LogP contribution >= 0.6 is 23.6 Å². The molecule has 0 radical (unpaired) electrons. The second-order valence-corrected chi connectivity index (χ2v) is 3.88. The molecular weight excluding hydrogens is 188 g/mol. The van der Waals surface area contributed by atoms with E-state index in [4.69, 9.17) is 18.0 Å². The van der Waals surface area contributed by atoms with Gasteiger partial charge in [-0.1, -0.05) is 0 Å². The molecule has 0 saturated heterocycles. The number of nitrogens with two attached hydrogens (primary N) is 1. The van der Waals surface area contributed by atoms with E-state index in [0.717, 1.165) is 0 Å². The maximum atomic E-state index is 5.50. The van der Waals surface area contributed by atoms with Gasteiger partial charge in [-0.2, -0.15) is 11.3 Å². The number of thiocarbonyl (C=S) groups is 1. The molecule has 0 aliphatic rings. The zero-order valence-electron chi connectivity index (χ0n) is 7.15. The lowest BCUT2D eigenvalue weighted by Crippen LogP contribution is -2.33. The normalized spacial score (nSPS) is 12.5. The van der Waals surface area contributed by atoms with Crippen LogP contribution < -0.4 is 5.73 Å². The molecule has 1 aromatic rings. The van der Waals surface area contributed by atoms with Gasteiger partial charge in [0, 0.05) is 7.05 Å². The summed E-state index contributed by atoms with van der Waals surface area (Å²) in [7, 11) is 1.91. The van der Waals surface area contributed by atoms with Crippen LogP contribution in [0.15, 0.2) is 16.8 Å². The highest BCUT2D eigenvalue weighted by molar-refractivity contribution is 7.80. The number of nitrogens with zero attached hydrogens (tertiary/aromatic N) is 1. The van der Waals surface area contributed by atoms with E-state index in [0.29, 0.717) is 5.11 Å². The van der Waals surface area contributed by atoms with Gasteiger partial charge in [-0.05, 0) is 41.5 Å². The maximum Gasteiger partial charge on any atom is 0.166 e. The molecule has 0 fully saturated rings. The Morgan fingerprint density at radius 3 is 2.83 bits per heavy atom. The molecule has 66 valence electrons. The topological polar surface area (TPSA) is 29.3 Å². The molecule has 0 spiro atoms. The predicted octanol–water partition coefficient (Wildman–Crippen LogP) is 1.98. The first-order valence-corrected chi connectivity index (χ1v) is 5.02. The Balaban J connectivity index is 2.71. The summed E-state index contributed by atoms with van der Waals surface area (Å²) in [6, 6.07) is 2.36. The molecule has 0 amide bonds. The summed E-state index contributed by atoms with van der Waals surface area (Å²) < 4.78 is 0. The van der Waals surface area contributed by atoms with Crippen LogP contribution in [-0.2, 0) is 0 Å². The van der Waals surface area contributed by atoms with E-state index in [9.17, 15) is 0 Å². The molecule has 1 atom stereocenters. The summed E-state index contributed by atoms with van der Waals surface area (Å²) in [6.45, 7) is 2.08. The number of rotatable bonds is 2. The highest BCUT2D eigenvalue weighted by atomic mass is 32.1. The average molecular weight is 200 g/mol. The Morgan fingerprint density at radius 1 is 1.75 bits per heavy atom. The van der Waals surface area contributed by atoms with E-state index in [2.05, 4.69) is 23.8 Å². The van der Waals surface area contributed by atoms with Crippen molar-refractivity contribution in [2.75, 3.05) is 7.05 Å². The third-order valence-electron chi connectivity index (χ3n) is 1.95. The van der Waals surface area contributed by atoms with Crippen LogP contribution in [0.2, 0.25) is 0 Å². The van der Waals surface area contributed by atoms with E-state index in [1.54, 1.807) is 11.3 Å². The zero-order valence-corrected chi connectivity index (χ0v) is 8.78. The lowest BCUT2D eigenvalue weighted by molar-refractivity contribution is 0.406. The first-order chi connectivity index (χ1) is 5.63. The smallest absolute Gasteiger partial charge is 0.166 e. The molecule has 1 rings (SSSR count). The van der Waals surface area contributed by atoms with Gasteiger partial charge < -0.3 is 10.6 Å². The lowest BCUT2D eigenvalue weighted by atomic mass is 10.2. The molecule has 0 aromatic carbocycles. The van der Waals surface area contributed by atoms with Gasteiger partial charge in [0.2, 0.25) is 0 Å². The molecule has 4 heteroatoms. The molecule has 0 aliphatic carbocycles. The van der Waals surface area contributed by atoms with Crippen molar-refractivity contribution >= 4 is 28.7 Å². The highest BCUT2D eigenvalue weighted by Crippen LogP contribution is 2.20. The minimum Gasteiger partial charge on any atom is -0.376 e. The predicted molar refractivity (Wildman–Crippen MR) is 57.3 cm³/mol. The van der Waals surface area contributed by atoms with Crippen LogP contribution in [0.1, 0.15) is 18.5 Å². The Labute approximate surface area is 82.0 Å². The van der Waals surface area contributed by atoms with Crippen molar-refractivity contribution in [3.05, 3.63) is 22.4 Å². The number of thiophene rings is 1. The Hall–Kier alpha value is -0.610. The van der Waals surface area contributed by atoms with Crippen molar-refractivity contribution in [3.63, 3.8) is 0 Å². The minimum atomic E-state index is 0.272. The zero-order chi connectivity index (χ0) is 9.14. The van der Waals surface area contributed by atoms with Gasteiger partial charge in [0.15, 0.2) is 5.11 Å². The Bertz CT molecular complexity index is 256. The summed E-state index contributed by atoms with van der Waals surface area (Å²) in [5.41, 5.74) is 6.76. The second kappa shape index (κ2) is 3.87. The van der Waals surface area contributed by atoms with Gasteiger partial charge in [0.25, 0.3) is 0 Å². The summed E-state index contributed by atoms with van der Waals surface area (Å²) in [5, 5.41) is 4.60. The van der Waals surface area contributed by atoms with Gasteiger partial charge in [0.1, 0.15) is 0 Å². The van der Waals surface area contributed by atoms with Crippen LogP contribution in [0.25, 0.3) is 0 Å². The standard InChI is InChI=1S/C8H12N2S2/c1-6(10(2)8(9)11)7-3-4-12-5-7/h3-6H,1-2H3,(H2,9,11). The van der Waals surface area contributed by atoms with E-state index in [1.165, 1.54) is 5.56 Å². The molecule has 0 bridgehead atoms. The van der Waals surface area contributed by atoms with E-state index >= 15 is 0 Å². The monoisotopic (exact) mass is 200 g/mol. The molecule has 1 aromatic heterocycles. The fourth-order valence-corrected chi connectivity index (χ4v) is 1.83. The van der Waals surface area contributed by atoms with Crippen LogP contribution in [0.4, 0.5) is 0 Å². The van der Waals surface area contributed by atoms with Crippen LogP contribution in [0, 0.1) is 0 Å². The van der Waals surface area contributed by atoms with E-state index in [-0.39, 0.29) is 6.04 Å². The van der Waals surface area contributed by atoms with E-state index < -0.39 is 0 Å². The number of hydrogen-bond acceptors (Lipinski definition) is 2. The molecular formula is C8H12N2S2. The van der Waals surface area contributed by atoms with Crippen LogP contribution in [0.3, 0.4) is 0 Å². The van der Waals surface area contributed by atoms with Gasteiger partial charge in [-0.25, -0.2) is 0 Å². The van der Waals surface area contributed by atoms with Crippen LogP contribution in [0.5, 0.6) is 0 Å². The molecule has 1 heterocycles. The van der Waals surface area contributed by atoms with E-state index in [1.807, 2.05) is 11.9 Å². The molecule has 2 N–H and O–H groups in total. The summed E-state index contributed by atoms with van der Waals surface area (Å²) in [4.78, 5) is 1.89. The lowest BCUT2D eigenvalue weighted by Gasteiger charge is -2.24. The first kappa shape index (κ1) is 9.48. The number of hydrogen-bond donors (Lipinski definition) is 1. The molecule has 2 nitrogen and oxygen atoms in total. The molecule has 0 aliphatic heterocycles. The molecule has 0 saturated carbocycles. The van der Waals surface area contributed by atoms with Gasteiger partial charge in [-0.15, -0.1) is 0 Å². The third kappa shape index (κ3) is 1.95. The maximum absolute atomic E-state index is 5.50. The van der Waals surface area contributed by atoms with Crippen molar-refractivity contribution in [3.8, 4) is 0 Å². The average Bonchev–Trinajstić information content (AvgIpc) is 2.53. The second-order valence-electron chi connectivity index (χ2n) is 2.68. The third-order valence-corrected chi connectivity index (χ3v) is 2.94. The van der Waals surface area contributed by atoms with Crippen molar-refractivity contribution in [2.45, 2.75) is 13.0 Å². The van der Waals surface area contributed by atoms with Crippen molar-refractivity contribution < 1.29 is 0 Å². The highest BCUT2D eigenvalue weighted by Gasteiger charge is 2.11. The summed E-state index contributed by atoms with van der Waals surface area (Å²) >= 11 is 6.56. The van der Waals surface area contributed by atoms with Crippen molar-refractivity contribution in [1.82, 2.24) is 4.90 Å². The fourth-order valence-electron chi connectivity index (χ4n) is 0.927. The minimum absolute atomic E-state index is 0.272.